The molecule has 5 heteroatoms. The maximum atomic E-state index is 6.09. The lowest BCUT2D eigenvalue weighted by atomic mass is 9.85. The number of fused-ring (bicyclic) bond motifs is 5. The Labute approximate surface area is 171 Å². The molecule has 6 rings (SSSR count). The first-order chi connectivity index (χ1) is 14.2. The number of pyridine rings is 1. The molecule has 0 amide bonds. The zero-order valence-electron chi connectivity index (χ0n) is 16.8. The molecule has 2 bridgehead atoms. The highest BCUT2D eigenvalue weighted by Gasteiger charge is 2.36. The molecular formula is C24H26N4O. The second kappa shape index (κ2) is 6.61. The fraction of sp³-hybridized carbons (Fsp3) is 0.417. The van der Waals surface area contributed by atoms with Gasteiger partial charge < -0.3 is 9.64 Å². The van der Waals surface area contributed by atoms with E-state index >= 15 is 0 Å². The van der Waals surface area contributed by atoms with Gasteiger partial charge in [-0.3, -0.25) is 0 Å². The van der Waals surface area contributed by atoms with Crippen LogP contribution in [0.4, 0.5) is 5.82 Å². The minimum atomic E-state index is 0.516. The molecule has 29 heavy (non-hydrogen) atoms. The molecule has 1 aliphatic heterocycles. The maximum absolute atomic E-state index is 6.09. The smallest absolute Gasteiger partial charge is 0.131 e. The number of anilines is 1. The van der Waals surface area contributed by atoms with Gasteiger partial charge >= 0.3 is 0 Å². The van der Waals surface area contributed by atoms with Crippen molar-refractivity contribution < 1.29 is 4.74 Å². The third-order valence-corrected chi connectivity index (χ3v) is 7.12. The van der Waals surface area contributed by atoms with Gasteiger partial charge in [-0.2, -0.15) is 5.10 Å². The van der Waals surface area contributed by atoms with Crippen LogP contribution >= 0.6 is 0 Å². The summed E-state index contributed by atoms with van der Waals surface area (Å²) >= 11 is 0. The van der Waals surface area contributed by atoms with Crippen molar-refractivity contribution in [3.8, 4) is 22.6 Å². The van der Waals surface area contributed by atoms with E-state index in [0.717, 1.165) is 40.3 Å². The number of rotatable bonds is 3. The molecule has 0 saturated heterocycles. The molecule has 1 aromatic carbocycles. The van der Waals surface area contributed by atoms with Crippen LogP contribution in [0, 0.1) is 11.8 Å². The first-order valence-electron chi connectivity index (χ1n) is 10.7. The zero-order valence-corrected chi connectivity index (χ0v) is 16.8. The first kappa shape index (κ1) is 17.1. The average molecular weight is 386 g/mol. The van der Waals surface area contributed by atoms with Crippen LogP contribution in [-0.4, -0.2) is 27.9 Å². The normalized spacial score (nSPS) is 24.5. The van der Waals surface area contributed by atoms with Gasteiger partial charge in [0.25, 0.3) is 0 Å². The van der Waals surface area contributed by atoms with Crippen LogP contribution in [0.2, 0.25) is 0 Å². The Kier molecular flexibility index (Phi) is 3.89. The summed E-state index contributed by atoms with van der Waals surface area (Å²) in [7, 11) is 2.22. The summed E-state index contributed by atoms with van der Waals surface area (Å²) in [6.45, 7) is 0.516. The van der Waals surface area contributed by atoms with E-state index in [1.165, 1.54) is 37.7 Å². The molecule has 2 aliphatic carbocycles. The van der Waals surface area contributed by atoms with Crippen LogP contribution in [0.1, 0.15) is 37.8 Å². The third kappa shape index (κ3) is 2.91. The van der Waals surface area contributed by atoms with Crippen molar-refractivity contribution in [3.05, 3.63) is 54.5 Å². The molecule has 3 aliphatic rings. The molecule has 2 fully saturated rings. The predicted octanol–water partition coefficient (Wildman–Crippen LogP) is 4.84. The molecule has 5 nitrogen and oxygen atoms in total. The number of ether oxygens (including phenoxy) is 1. The van der Waals surface area contributed by atoms with Crippen LogP contribution in [0.25, 0.3) is 16.8 Å². The molecule has 3 aromatic rings. The SMILES string of the molecule is CN(c1ccc2c(n1)COc1cc(-n3cccn3)ccc1-2)[C@@H]1C[C@@H]2CC[C@@H](C2)C1. The number of aromatic nitrogens is 3. The van der Waals surface area contributed by atoms with Crippen molar-refractivity contribution >= 4 is 5.82 Å². The van der Waals surface area contributed by atoms with Gasteiger partial charge in [-0.1, -0.05) is 12.8 Å². The Hall–Kier alpha value is -2.82. The average Bonchev–Trinajstić information content (AvgIpc) is 3.42. The van der Waals surface area contributed by atoms with Crippen LogP contribution in [0.3, 0.4) is 0 Å². The maximum Gasteiger partial charge on any atom is 0.131 e. The van der Waals surface area contributed by atoms with Gasteiger partial charge in [-0.15, -0.1) is 0 Å². The lowest BCUT2D eigenvalue weighted by Crippen LogP contribution is -2.37. The Morgan fingerprint density at radius 3 is 2.66 bits per heavy atom. The molecule has 3 atom stereocenters. The van der Waals surface area contributed by atoms with Crippen molar-refractivity contribution in [2.45, 2.75) is 44.8 Å². The highest BCUT2D eigenvalue weighted by atomic mass is 16.5. The molecule has 2 aromatic heterocycles. The second-order valence-electron chi connectivity index (χ2n) is 8.86. The molecule has 3 heterocycles. The number of hydrogen-bond donors (Lipinski definition) is 0. The molecular weight excluding hydrogens is 360 g/mol. The summed E-state index contributed by atoms with van der Waals surface area (Å²) < 4.78 is 7.94. The van der Waals surface area contributed by atoms with Gasteiger partial charge in [0.1, 0.15) is 18.2 Å². The van der Waals surface area contributed by atoms with Gasteiger partial charge in [0.05, 0.1) is 11.4 Å². The van der Waals surface area contributed by atoms with E-state index < -0.39 is 0 Å². The molecule has 0 N–H and O–H groups in total. The van der Waals surface area contributed by atoms with Crippen LogP contribution < -0.4 is 9.64 Å². The van der Waals surface area contributed by atoms with E-state index in [-0.39, 0.29) is 0 Å². The fourth-order valence-corrected chi connectivity index (χ4v) is 5.58. The van der Waals surface area contributed by atoms with Gasteiger partial charge in [-0.25, -0.2) is 9.67 Å². The van der Waals surface area contributed by atoms with Crippen molar-refractivity contribution in [1.29, 1.82) is 0 Å². The molecule has 0 radical (unpaired) electrons. The van der Waals surface area contributed by atoms with E-state index in [4.69, 9.17) is 9.72 Å². The lowest BCUT2D eigenvalue weighted by molar-refractivity contribution is 0.296. The topological polar surface area (TPSA) is 43.2 Å². The molecule has 148 valence electrons. The summed E-state index contributed by atoms with van der Waals surface area (Å²) in [5, 5.41) is 4.31. The number of hydrogen-bond acceptors (Lipinski definition) is 4. The minimum Gasteiger partial charge on any atom is -0.487 e. The van der Waals surface area contributed by atoms with E-state index in [1.807, 2.05) is 16.9 Å². The van der Waals surface area contributed by atoms with Gasteiger partial charge in [0.2, 0.25) is 0 Å². The van der Waals surface area contributed by atoms with Crippen LogP contribution in [0.15, 0.2) is 48.8 Å². The zero-order chi connectivity index (χ0) is 19.4. The van der Waals surface area contributed by atoms with E-state index in [0.29, 0.717) is 12.6 Å². The van der Waals surface area contributed by atoms with E-state index in [9.17, 15) is 0 Å². The van der Waals surface area contributed by atoms with E-state index in [1.54, 1.807) is 6.20 Å². The Balaban J connectivity index is 1.29. The lowest BCUT2D eigenvalue weighted by Gasteiger charge is -2.36. The van der Waals surface area contributed by atoms with Crippen LogP contribution in [-0.2, 0) is 6.61 Å². The number of benzene rings is 1. The predicted molar refractivity (Wildman–Crippen MR) is 113 cm³/mol. The summed E-state index contributed by atoms with van der Waals surface area (Å²) in [6, 6.07) is 13.2. The highest BCUT2D eigenvalue weighted by molar-refractivity contribution is 5.76. The Morgan fingerprint density at radius 2 is 1.86 bits per heavy atom. The summed E-state index contributed by atoms with van der Waals surface area (Å²) in [5.41, 5.74) is 4.33. The quantitative estimate of drug-likeness (QED) is 0.646. The highest BCUT2D eigenvalue weighted by Crippen LogP contribution is 2.44. The minimum absolute atomic E-state index is 0.516. The summed E-state index contributed by atoms with van der Waals surface area (Å²) in [6.07, 6.45) is 10.7. The first-order valence-corrected chi connectivity index (χ1v) is 10.7. The van der Waals surface area contributed by atoms with Gasteiger partial charge in [0, 0.05) is 42.7 Å². The van der Waals surface area contributed by atoms with Crippen molar-refractivity contribution in [2.24, 2.45) is 11.8 Å². The van der Waals surface area contributed by atoms with Crippen molar-refractivity contribution in [1.82, 2.24) is 14.8 Å². The standard InChI is InChI=1S/C24H26N4O/c1-27(19-12-16-3-4-17(11-16)13-19)24-8-7-20-21-6-5-18(28-10-2-9-25-28)14-23(21)29-15-22(20)26-24/h2,5-10,14,16-17,19H,3-4,11-13,15H2,1H3/t16-,17+,19-. The number of nitrogens with zero attached hydrogens (tertiary/aromatic N) is 4. The van der Waals surface area contributed by atoms with Crippen molar-refractivity contribution in [2.75, 3.05) is 11.9 Å². The van der Waals surface area contributed by atoms with Crippen molar-refractivity contribution in [3.63, 3.8) is 0 Å². The van der Waals surface area contributed by atoms with Crippen LogP contribution in [0.5, 0.6) is 5.75 Å². The molecule has 2 saturated carbocycles. The molecule has 0 spiro atoms. The Bertz CT molecular complexity index is 1030. The third-order valence-electron chi connectivity index (χ3n) is 7.12. The van der Waals surface area contributed by atoms with Gasteiger partial charge in [0.15, 0.2) is 0 Å². The Morgan fingerprint density at radius 1 is 1.03 bits per heavy atom. The molecule has 0 unspecified atom stereocenters. The van der Waals surface area contributed by atoms with E-state index in [2.05, 4.69) is 47.4 Å². The largest absolute Gasteiger partial charge is 0.487 e. The summed E-state index contributed by atoms with van der Waals surface area (Å²) in [5.74, 6) is 3.84. The summed E-state index contributed by atoms with van der Waals surface area (Å²) in [4.78, 5) is 7.43. The monoisotopic (exact) mass is 386 g/mol. The fourth-order valence-electron chi connectivity index (χ4n) is 5.58. The van der Waals surface area contributed by atoms with Gasteiger partial charge in [-0.05, 0) is 61.4 Å². The second-order valence-corrected chi connectivity index (χ2v) is 8.86.